The Morgan fingerprint density at radius 3 is 2.95 bits per heavy atom. The van der Waals surface area contributed by atoms with Crippen LogP contribution in [-0.4, -0.2) is 10.1 Å². The number of rotatable bonds is 2. The summed E-state index contributed by atoms with van der Waals surface area (Å²) in [7, 11) is 0. The van der Waals surface area contributed by atoms with Crippen LogP contribution in [0, 0.1) is 13.8 Å². The highest BCUT2D eigenvalue weighted by Gasteiger charge is 2.29. The van der Waals surface area contributed by atoms with Gasteiger partial charge < -0.3 is 5.11 Å². The van der Waals surface area contributed by atoms with Gasteiger partial charge in [0, 0.05) is 17.8 Å². The number of pyridine rings is 1. The molecule has 1 aliphatic carbocycles. The third kappa shape index (κ3) is 2.36. The normalized spacial score (nSPS) is 19.4. The van der Waals surface area contributed by atoms with Gasteiger partial charge >= 0.3 is 0 Å². The molecule has 20 heavy (non-hydrogen) atoms. The smallest absolute Gasteiger partial charge is 0.0876 e. The van der Waals surface area contributed by atoms with Crippen LogP contribution in [0.3, 0.4) is 0 Å². The van der Waals surface area contributed by atoms with E-state index in [1.165, 1.54) is 11.1 Å². The summed E-state index contributed by atoms with van der Waals surface area (Å²) >= 11 is 0. The number of benzene rings is 1. The topological polar surface area (TPSA) is 33.1 Å². The molecule has 0 amide bonds. The summed E-state index contributed by atoms with van der Waals surface area (Å²) in [6, 6.07) is 10.4. The van der Waals surface area contributed by atoms with E-state index >= 15 is 0 Å². The first-order valence-corrected chi connectivity index (χ1v) is 7.36. The van der Waals surface area contributed by atoms with E-state index in [0.717, 1.165) is 36.1 Å². The minimum atomic E-state index is -0.455. The van der Waals surface area contributed by atoms with Crippen LogP contribution < -0.4 is 0 Å². The van der Waals surface area contributed by atoms with Gasteiger partial charge in [-0.05, 0) is 55.9 Å². The third-order valence-corrected chi connectivity index (χ3v) is 4.37. The summed E-state index contributed by atoms with van der Waals surface area (Å²) in [5, 5.41) is 10.9. The lowest BCUT2D eigenvalue weighted by Crippen LogP contribution is -2.19. The maximum Gasteiger partial charge on any atom is 0.0876 e. The zero-order chi connectivity index (χ0) is 14.1. The highest BCUT2D eigenvalue weighted by atomic mass is 16.3. The minimum Gasteiger partial charge on any atom is -0.388 e. The van der Waals surface area contributed by atoms with Crippen LogP contribution in [0.4, 0.5) is 0 Å². The molecule has 2 nitrogen and oxygen atoms in total. The van der Waals surface area contributed by atoms with Crippen molar-refractivity contribution in [2.24, 2.45) is 0 Å². The van der Waals surface area contributed by atoms with Crippen molar-refractivity contribution < 1.29 is 5.11 Å². The van der Waals surface area contributed by atoms with Crippen molar-refractivity contribution in [1.82, 2.24) is 4.98 Å². The van der Waals surface area contributed by atoms with Gasteiger partial charge in [0.15, 0.2) is 0 Å². The molecule has 1 N–H and O–H groups in total. The molecule has 0 aliphatic heterocycles. The van der Waals surface area contributed by atoms with Crippen LogP contribution in [0.15, 0.2) is 36.5 Å². The first-order chi connectivity index (χ1) is 9.66. The zero-order valence-electron chi connectivity index (χ0n) is 12.1. The number of fused-ring (bicyclic) bond motifs is 1. The molecule has 2 aromatic rings. The predicted molar refractivity (Wildman–Crippen MR) is 80.8 cm³/mol. The summed E-state index contributed by atoms with van der Waals surface area (Å²) in [6.07, 6.45) is 4.61. The lowest BCUT2D eigenvalue weighted by Gasteiger charge is -2.29. The lowest BCUT2D eigenvalue weighted by atomic mass is 9.80. The second-order valence-electron chi connectivity index (χ2n) is 5.85. The Kier molecular flexibility index (Phi) is 3.58. The van der Waals surface area contributed by atoms with E-state index in [9.17, 15) is 5.11 Å². The van der Waals surface area contributed by atoms with Crippen molar-refractivity contribution in [3.05, 3.63) is 64.5 Å². The van der Waals surface area contributed by atoms with Gasteiger partial charge in [-0.25, -0.2) is 0 Å². The summed E-state index contributed by atoms with van der Waals surface area (Å²) in [6.45, 7) is 4.14. The number of aliphatic hydroxyl groups is 1. The quantitative estimate of drug-likeness (QED) is 0.896. The number of aliphatic hydroxyl groups excluding tert-OH is 1. The van der Waals surface area contributed by atoms with Gasteiger partial charge in [0.05, 0.1) is 6.10 Å². The summed E-state index contributed by atoms with van der Waals surface area (Å²) < 4.78 is 0. The molecule has 0 saturated heterocycles. The van der Waals surface area contributed by atoms with Gasteiger partial charge in [0.1, 0.15) is 0 Å². The molecular weight excluding hydrogens is 246 g/mol. The Morgan fingerprint density at radius 1 is 1.25 bits per heavy atom. The average Bonchev–Trinajstić information content (AvgIpc) is 2.48. The van der Waals surface area contributed by atoms with Crippen molar-refractivity contribution in [1.29, 1.82) is 0 Å². The largest absolute Gasteiger partial charge is 0.388 e. The fourth-order valence-electron chi connectivity index (χ4n) is 3.25. The fourth-order valence-corrected chi connectivity index (χ4v) is 3.25. The highest BCUT2D eigenvalue weighted by molar-refractivity contribution is 5.36. The van der Waals surface area contributed by atoms with Crippen molar-refractivity contribution in [2.75, 3.05) is 0 Å². The van der Waals surface area contributed by atoms with E-state index in [2.05, 4.69) is 43.1 Å². The van der Waals surface area contributed by atoms with Crippen LogP contribution in [0.5, 0.6) is 0 Å². The Balaban J connectivity index is 1.99. The molecule has 2 atom stereocenters. The van der Waals surface area contributed by atoms with Gasteiger partial charge in [-0.3, -0.25) is 4.98 Å². The molecule has 1 aliphatic rings. The molecule has 1 aromatic heterocycles. The van der Waals surface area contributed by atoms with Gasteiger partial charge in [-0.1, -0.05) is 29.8 Å². The minimum absolute atomic E-state index is 0.125. The Labute approximate surface area is 120 Å². The number of nitrogens with zero attached hydrogens (tertiary/aromatic N) is 1. The van der Waals surface area contributed by atoms with Crippen molar-refractivity contribution in [2.45, 2.75) is 45.1 Å². The summed E-state index contributed by atoms with van der Waals surface area (Å²) in [4.78, 5) is 4.54. The molecule has 2 heteroatoms. The predicted octanol–water partition coefficient (Wildman–Crippen LogP) is 3.85. The third-order valence-electron chi connectivity index (χ3n) is 4.37. The van der Waals surface area contributed by atoms with Crippen LogP contribution >= 0.6 is 0 Å². The standard InChI is InChI=1S/C18H21NO/c1-12-8-9-13(2)16(11-12)18(20)15-7-3-5-14-6-4-10-19-17(14)15/h4,6,8-11,15,18,20H,3,5,7H2,1-2H3. The summed E-state index contributed by atoms with van der Waals surface area (Å²) in [5.74, 6) is 0.125. The Morgan fingerprint density at radius 2 is 2.10 bits per heavy atom. The number of hydrogen-bond acceptors (Lipinski definition) is 2. The van der Waals surface area contributed by atoms with Gasteiger partial charge in [0.25, 0.3) is 0 Å². The lowest BCUT2D eigenvalue weighted by molar-refractivity contribution is 0.133. The van der Waals surface area contributed by atoms with Crippen LogP contribution in [0.1, 0.15) is 52.8 Å². The van der Waals surface area contributed by atoms with Crippen molar-refractivity contribution >= 4 is 0 Å². The molecular formula is C18H21NO. The molecule has 104 valence electrons. The average molecular weight is 267 g/mol. The van der Waals surface area contributed by atoms with Crippen LogP contribution in [0.2, 0.25) is 0 Å². The first-order valence-electron chi connectivity index (χ1n) is 7.36. The number of aromatic nitrogens is 1. The Bertz CT molecular complexity index is 621. The zero-order valence-corrected chi connectivity index (χ0v) is 12.1. The first kappa shape index (κ1) is 13.3. The molecule has 0 spiro atoms. The molecule has 0 bridgehead atoms. The van der Waals surface area contributed by atoms with Crippen LogP contribution in [0.25, 0.3) is 0 Å². The second kappa shape index (κ2) is 5.37. The summed E-state index contributed by atoms with van der Waals surface area (Å²) in [5.41, 5.74) is 5.79. The maximum atomic E-state index is 10.9. The molecule has 2 unspecified atom stereocenters. The van der Waals surface area contributed by atoms with E-state index in [-0.39, 0.29) is 5.92 Å². The second-order valence-corrected chi connectivity index (χ2v) is 5.85. The van der Waals surface area contributed by atoms with E-state index in [0.29, 0.717) is 0 Å². The number of aryl methyl sites for hydroxylation is 3. The van der Waals surface area contributed by atoms with Crippen molar-refractivity contribution in [3.63, 3.8) is 0 Å². The molecule has 1 heterocycles. The van der Waals surface area contributed by atoms with Crippen molar-refractivity contribution in [3.8, 4) is 0 Å². The monoisotopic (exact) mass is 267 g/mol. The van der Waals surface area contributed by atoms with Gasteiger partial charge in [-0.2, -0.15) is 0 Å². The SMILES string of the molecule is Cc1ccc(C)c(C(O)C2CCCc3cccnc32)c1. The van der Waals surface area contributed by atoms with E-state index in [1.54, 1.807) is 0 Å². The molecule has 3 rings (SSSR count). The number of hydrogen-bond donors (Lipinski definition) is 1. The highest BCUT2D eigenvalue weighted by Crippen LogP contribution is 2.40. The van der Waals surface area contributed by atoms with Crippen LogP contribution in [-0.2, 0) is 6.42 Å². The molecule has 0 fully saturated rings. The fraction of sp³-hybridized carbons (Fsp3) is 0.389. The molecule has 0 saturated carbocycles. The van der Waals surface area contributed by atoms with Gasteiger partial charge in [-0.15, -0.1) is 0 Å². The Hall–Kier alpha value is -1.67. The van der Waals surface area contributed by atoms with E-state index < -0.39 is 6.10 Å². The van der Waals surface area contributed by atoms with Gasteiger partial charge in [0.2, 0.25) is 0 Å². The van der Waals surface area contributed by atoms with E-state index in [1.807, 2.05) is 12.3 Å². The van der Waals surface area contributed by atoms with E-state index in [4.69, 9.17) is 0 Å². The molecule has 1 aromatic carbocycles. The molecule has 0 radical (unpaired) electrons. The maximum absolute atomic E-state index is 10.9.